The van der Waals surface area contributed by atoms with Gasteiger partial charge in [-0.1, -0.05) is 29.8 Å². The van der Waals surface area contributed by atoms with Gasteiger partial charge in [0.1, 0.15) is 0 Å². The summed E-state index contributed by atoms with van der Waals surface area (Å²) < 4.78 is 0. The minimum Gasteiger partial charge on any atom is -0.273 e. The van der Waals surface area contributed by atoms with E-state index in [1.165, 1.54) is 0 Å². The molecule has 20 heavy (non-hydrogen) atoms. The highest BCUT2D eigenvalue weighted by molar-refractivity contribution is 6.30. The minimum absolute atomic E-state index is 0.171. The molecule has 1 N–H and O–H groups in total. The number of nitrogens with one attached hydrogen (secondary N) is 1. The van der Waals surface area contributed by atoms with Crippen LogP contribution in [-0.2, 0) is 11.2 Å². The standard InChI is InChI=1S/C15H14ClN3O/c1-11(13-3-2-8-17-10-13)18-19-15(20)9-12-4-6-14(16)7-5-12/h2-8,10H,9H2,1H3,(H,19,20)/b18-11-. The summed E-state index contributed by atoms with van der Waals surface area (Å²) in [6.07, 6.45) is 3.65. The molecule has 102 valence electrons. The zero-order valence-electron chi connectivity index (χ0n) is 11.0. The number of halogens is 1. The number of carbonyl (C=O) groups is 1. The van der Waals surface area contributed by atoms with Gasteiger partial charge in [0.15, 0.2) is 0 Å². The van der Waals surface area contributed by atoms with Crippen molar-refractivity contribution in [3.8, 4) is 0 Å². The van der Waals surface area contributed by atoms with Gasteiger partial charge >= 0.3 is 0 Å². The normalized spacial score (nSPS) is 11.2. The number of aromatic nitrogens is 1. The van der Waals surface area contributed by atoms with Crippen molar-refractivity contribution in [2.24, 2.45) is 5.10 Å². The zero-order valence-corrected chi connectivity index (χ0v) is 11.8. The van der Waals surface area contributed by atoms with Crippen LogP contribution >= 0.6 is 11.6 Å². The SMILES string of the molecule is C/C(=N/NC(=O)Cc1ccc(Cl)cc1)c1cccnc1. The number of hydrogen-bond donors (Lipinski definition) is 1. The maximum absolute atomic E-state index is 11.8. The molecule has 0 fully saturated rings. The first-order valence-corrected chi connectivity index (χ1v) is 6.51. The van der Waals surface area contributed by atoms with E-state index in [1.807, 2.05) is 31.2 Å². The Morgan fingerprint density at radius 2 is 2.05 bits per heavy atom. The molecule has 0 spiro atoms. The van der Waals surface area contributed by atoms with Gasteiger partial charge in [-0.15, -0.1) is 0 Å². The Labute approximate surface area is 122 Å². The summed E-state index contributed by atoms with van der Waals surface area (Å²) in [5.41, 5.74) is 5.01. The third-order valence-electron chi connectivity index (χ3n) is 2.71. The topological polar surface area (TPSA) is 54.4 Å². The Balaban J connectivity index is 1.93. The van der Waals surface area contributed by atoms with Crippen molar-refractivity contribution < 1.29 is 4.79 Å². The number of pyridine rings is 1. The predicted molar refractivity (Wildman–Crippen MR) is 79.7 cm³/mol. The molecule has 1 aromatic carbocycles. The second-order valence-corrected chi connectivity index (χ2v) is 4.71. The highest BCUT2D eigenvalue weighted by Crippen LogP contribution is 2.09. The van der Waals surface area contributed by atoms with Crippen LogP contribution in [0, 0.1) is 0 Å². The molecule has 0 unspecified atom stereocenters. The van der Waals surface area contributed by atoms with Crippen molar-refractivity contribution in [3.63, 3.8) is 0 Å². The van der Waals surface area contributed by atoms with Crippen LogP contribution in [0.1, 0.15) is 18.1 Å². The number of hydrogen-bond acceptors (Lipinski definition) is 3. The van der Waals surface area contributed by atoms with Crippen LogP contribution in [0.2, 0.25) is 5.02 Å². The molecule has 0 aliphatic heterocycles. The Kier molecular flexibility index (Phi) is 4.85. The molecule has 0 radical (unpaired) electrons. The summed E-state index contributed by atoms with van der Waals surface area (Å²) in [6.45, 7) is 1.82. The van der Waals surface area contributed by atoms with Crippen molar-refractivity contribution in [1.82, 2.24) is 10.4 Å². The number of nitrogens with zero attached hydrogens (tertiary/aromatic N) is 2. The number of carbonyl (C=O) groups excluding carboxylic acids is 1. The van der Waals surface area contributed by atoms with Gasteiger partial charge in [0.25, 0.3) is 0 Å². The molecule has 2 rings (SSSR count). The molecule has 0 saturated carbocycles. The number of hydrazone groups is 1. The first kappa shape index (κ1) is 14.2. The van der Waals surface area contributed by atoms with Gasteiger partial charge < -0.3 is 0 Å². The molecule has 0 aliphatic carbocycles. The van der Waals surface area contributed by atoms with Crippen LogP contribution in [0.4, 0.5) is 0 Å². The monoisotopic (exact) mass is 287 g/mol. The highest BCUT2D eigenvalue weighted by Gasteiger charge is 2.03. The lowest BCUT2D eigenvalue weighted by molar-refractivity contribution is -0.120. The van der Waals surface area contributed by atoms with Crippen molar-refractivity contribution >= 4 is 23.2 Å². The van der Waals surface area contributed by atoms with Crippen molar-refractivity contribution in [3.05, 3.63) is 64.9 Å². The largest absolute Gasteiger partial charge is 0.273 e. The van der Waals surface area contributed by atoms with Crippen LogP contribution in [0.25, 0.3) is 0 Å². The van der Waals surface area contributed by atoms with Gasteiger partial charge in [0.2, 0.25) is 5.91 Å². The lowest BCUT2D eigenvalue weighted by Crippen LogP contribution is -2.21. The first-order valence-electron chi connectivity index (χ1n) is 6.13. The lowest BCUT2D eigenvalue weighted by Gasteiger charge is -2.03. The molecular formula is C15H14ClN3O. The maximum Gasteiger partial charge on any atom is 0.244 e. The van der Waals surface area contributed by atoms with Crippen LogP contribution in [0.15, 0.2) is 53.9 Å². The van der Waals surface area contributed by atoms with Crippen LogP contribution in [-0.4, -0.2) is 16.6 Å². The van der Waals surface area contributed by atoms with Crippen LogP contribution in [0.3, 0.4) is 0 Å². The van der Waals surface area contributed by atoms with E-state index in [0.29, 0.717) is 10.7 Å². The average Bonchev–Trinajstić information content (AvgIpc) is 2.48. The summed E-state index contributed by atoms with van der Waals surface area (Å²) in [7, 11) is 0. The predicted octanol–water partition coefficient (Wildman–Crippen LogP) is 2.82. The summed E-state index contributed by atoms with van der Waals surface area (Å²) in [6, 6.07) is 10.9. The molecule has 1 heterocycles. The number of rotatable bonds is 4. The third-order valence-corrected chi connectivity index (χ3v) is 2.96. The molecule has 5 heteroatoms. The van der Waals surface area contributed by atoms with E-state index in [1.54, 1.807) is 24.5 Å². The fraction of sp³-hybridized carbons (Fsp3) is 0.133. The van der Waals surface area contributed by atoms with Gasteiger partial charge in [-0.05, 0) is 30.7 Å². The van der Waals surface area contributed by atoms with Gasteiger partial charge in [-0.25, -0.2) is 5.43 Å². The van der Waals surface area contributed by atoms with Crippen molar-refractivity contribution in [2.45, 2.75) is 13.3 Å². The van der Waals surface area contributed by atoms with Gasteiger partial charge in [-0.3, -0.25) is 9.78 Å². The average molecular weight is 288 g/mol. The van der Waals surface area contributed by atoms with E-state index in [9.17, 15) is 4.79 Å². The second kappa shape index (κ2) is 6.82. The lowest BCUT2D eigenvalue weighted by atomic mass is 10.1. The molecule has 0 aliphatic rings. The molecule has 4 nitrogen and oxygen atoms in total. The van der Waals surface area contributed by atoms with E-state index >= 15 is 0 Å². The Hall–Kier alpha value is -2.20. The van der Waals surface area contributed by atoms with Crippen LogP contribution in [0.5, 0.6) is 0 Å². The molecule has 1 amide bonds. The summed E-state index contributed by atoms with van der Waals surface area (Å²) in [4.78, 5) is 15.8. The van der Waals surface area contributed by atoms with Gasteiger partial charge in [0, 0.05) is 23.0 Å². The minimum atomic E-state index is -0.171. The Morgan fingerprint density at radius 3 is 2.70 bits per heavy atom. The van der Waals surface area contributed by atoms with E-state index in [4.69, 9.17) is 11.6 Å². The molecule has 2 aromatic rings. The number of benzene rings is 1. The third kappa shape index (κ3) is 4.17. The van der Waals surface area contributed by atoms with E-state index in [-0.39, 0.29) is 12.3 Å². The smallest absolute Gasteiger partial charge is 0.244 e. The van der Waals surface area contributed by atoms with E-state index in [0.717, 1.165) is 11.1 Å². The van der Waals surface area contributed by atoms with Crippen molar-refractivity contribution in [2.75, 3.05) is 0 Å². The summed E-state index contributed by atoms with van der Waals surface area (Å²) >= 11 is 5.79. The molecule has 1 aromatic heterocycles. The summed E-state index contributed by atoms with van der Waals surface area (Å²) in [5.74, 6) is -0.171. The fourth-order valence-corrected chi connectivity index (χ4v) is 1.74. The first-order chi connectivity index (χ1) is 9.65. The van der Waals surface area contributed by atoms with E-state index in [2.05, 4.69) is 15.5 Å². The number of amides is 1. The fourth-order valence-electron chi connectivity index (χ4n) is 1.61. The summed E-state index contributed by atoms with van der Waals surface area (Å²) in [5, 5.41) is 4.71. The quantitative estimate of drug-likeness (QED) is 0.694. The molecule has 0 saturated heterocycles. The van der Waals surface area contributed by atoms with Gasteiger partial charge in [0.05, 0.1) is 12.1 Å². The highest BCUT2D eigenvalue weighted by atomic mass is 35.5. The molecule has 0 bridgehead atoms. The van der Waals surface area contributed by atoms with E-state index < -0.39 is 0 Å². The van der Waals surface area contributed by atoms with Crippen LogP contribution < -0.4 is 5.43 Å². The maximum atomic E-state index is 11.8. The molecule has 0 atom stereocenters. The Bertz CT molecular complexity index is 609. The van der Waals surface area contributed by atoms with Crippen molar-refractivity contribution in [1.29, 1.82) is 0 Å². The zero-order chi connectivity index (χ0) is 14.4. The molecular weight excluding hydrogens is 274 g/mol. The second-order valence-electron chi connectivity index (χ2n) is 4.28. The Morgan fingerprint density at radius 1 is 1.30 bits per heavy atom. The van der Waals surface area contributed by atoms with Gasteiger partial charge in [-0.2, -0.15) is 5.10 Å².